The Bertz CT molecular complexity index is 1690. The lowest BCUT2D eigenvalue weighted by molar-refractivity contribution is -0.121. The molecule has 1 heterocycles. The first-order valence-corrected chi connectivity index (χ1v) is 12.8. The van der Waals surface area contributed by atoms with E-state index in [0.29, 0.717) is 29.3 Å². The minimum absolute atomic E-state index is 0.145. The lowest BCUT2D eigenvalue weighted by Crippen LogP contribution is -2.57. The quantitative estimate of drug-likeness (QED) is 0.177. The molecule has 0 atom stereocenters. The third-order valence-corrected chi connectivity index (χ3v) is 6.76. The second-order valence-electron chi connectivity index (χ2n) is 9.26. The SMILES string of the molecule is O=C1C(=Cc2ccccc2OCc2cccc3ccccc23)C(=O)N(c2ccccc2)C(=O)N1c1ccccc1. The molecular formula is C34H24N2O4. The van der Waals surface area contributed by atoms with E-state index in [9.17, 15) is 14.4 Å². The number of nitrogens with zero attached hydrogens (tertiary/aromatic N) is 2. The number of para-hydroxylation sites is 3. The van der Waals surface area contributed by atoms with E-state index in [4.69, 9.17) is 4.74 Å². The van der Waals surface area contributed by atoms with Crippen molar-refractivity contribution >= 4 is 46.1 Å². The summed E-state index contributed by atoms with van der Waals surface area (Å²) in [6, 6.07) is 37.8. The zero-order valence-corrected chi connectivity index (χ0v) is 21.4. The minimum Gasteiger partial charge on any atom is -0.488 e. The van der Waals surface area contributed by atoms with Crippen LogP contribution in [0.15, 0.2) is 133 Å². The number of benzene rings is 5. The zero-order valence-electron chi connectivity index (χ0n) is 21.4. The fraction of sp³-hybridized carbons (Fsp3) is 0.0294. The third kappa shape index (κ3) is 4.63. The Kier molecular flexibility index (Phi) is 6.65. The fourth-order valence-electron chi connectivity index (χ4n) is 4.80. The van der Waals surface area contributed by atoms with Gasteiger partial charge in [0.25, 0.3) is 11.8 Å². The Morgan fingerprint density at radius 2 is 1.12 bits per heavy atom. The van der Waals surface area contributed by atoms with Gasteiger partial charge in [-0.1, -0.05) is 97.1 Å². The lowest BCUT2D eigenvalue weighted by Gasteiger charge is -2.34. The van der Waals surface area contributed by atoms with E-state index >= 15 is 0 Å². The second kappa shape index (κ2) is 10.7. The largest absolute Gasteiger partial charge is 0.488 e. The van der Waals surface area contributed by atoms with Crippen LogP contribution in [-0.2, 0) is 16.2 Å². The molecule has 6 nitrogen and oxygen atoms in total. The highest BCUT2D eigenvalue weighted by Crippen LogP contribution is 2.31. The maximum atomic E-state index is 13.7. The van der Waals surface area contributed by atoms with Gasteiger partial charge < -0.3 is 4.74 Å². The van der Waals surface area contributed by atoms with Crippen LogP contribution < -0.4 is 14.5 Å². The molecule has 40 heavy (non-hydrogen) atoms. The molecule has 0 saturated carbocycles. The Hall–Kier alpha value is -5.49. The molecule has 0 bridgehead atoms. The van der Waals surface area contributed by atoms with Crippen molar-refractivity contribution in [2.24, 2.45) is 0 Å². The molecule has 1 aliphatic heterocycles. The number of ether oxygens (including phenoxy) is 1. The molecule has 0 aliphatic carbocycles. The summed E-state index contributed by atoms with van der Waals surface area (Å²) in [6.45, 7) is 0.300. The molecule has 0 N–H and O–H groups in total. The smallest absolute Gasteiger partial charge is 0.343 e. The van der Waals surface area contributed by atoms with Gasteiger partial charge >= 0.3 is 6.03 Å². The molecule has 6 heteroatoms. The predicted molar refractivity (Wildman–Crippen MR) is 156 cm³/mol. The summed E-state index contributed by atoms with van der Waals surface area (Å²) in [5.41, 5.74) is 2.17. The van der Waals surface area contributed by atoms with Gasteiger partial charge in [-0.2, -0.15) is 0 Å². The molecule has 0 spiro atoms. The molecule has 194 valence electrons. The lowest BCUT2D eigenvalue weighted by atomic mass is 10.0. The number of carbonyl (C=O) groups is 3. The predicted octanol–water partition coefficient (Wildman–Crippen LogP) is 7.00. The number of hydrogen-bond acceptors (Lipinski definition) is 4. The number of urea groups is 1. The number of carbonyl (C=O) groups excluding carboxylic acids is 3. The second-order valence-corrected chi connectivity index (χ2v) is 9.26. The Balaban J connectivity index is 1.39. The molecule has 1 aliphatic rings. The molecule has 0 radical (unpaired) electrons. The summed E-state index contributed by atoms with van der Waals surface area (Å²) < 4.78 is 6.23. The van der Waals surface area contributed by atoms with Crippen molar-refractivity contribution in [2.75, 3.05) is 9.80 Å². The van der Waals surface area contributed by atoms with Crippen molar-refractivity contribution in [1.82, 2.24) is 0 Å². The topological polar surface area (TPSA) is 66.9 Å². The maximum Gasteiger partial charge on any atom is 0.343 e. The number of anilines is 2. The number of barbiturate groups is 1. The van der Waals surface area contributed by atoms with Gasteiger partial charge in [-0.25, -0.2) is 14.6 Å². The summed E-state index contributed by atoms with van der Waals surface area (Å²) >= 11 is 0. The average Bonchev–Trinajstić information content (AvgIpc) is 3.00. The molecule has 5 aromatic rings. The Labute approximate surface area is 231 Å². The van der Waals surface area contributed by atoms with Crippen LogP contribution >= 0.6 is 0 Å². The van der Waals surface area contributed by atoms with E-state index in [0.717, 1.165) is 26.1 Å². The summed E-state index contributed by atoms with van der Waals surface area (Å²) in [6.07, 6.45) is 1.50. The number of amides is 4. The standard InChI is InChI=1S/C34H24N2O4/c37-32-30(33(38)36(28-18-5-2-6-19-28)34(39)35(32)27-16-3-1-4-17-27)22-25-13-8-10-21-31(25)40-23-26-15-11-14-24-12-7-9-20-29(24)26/h1-22H,23H2. The molecule has 6 rings (SSSR count). The molecule has 5 aromatic carbocycles. The van der Waals surface area contributed by atoms with Crippen LogP contribution in [0, 0.1) is 0 Å². The highest BCUT2D eigenvalue weighted by Gasteiger charge is 2.43. The van der Waals surface area contributed by atoms with E-state index < -0.39 is 17.8 Å². The first-order valence-electron chi connectivity index (χ1n) is 12.8. The van der Waals surface area contributed by atoms with Crippen LogP contribution in [0.2, 0.25) is 0 Å². The Morgan fingerprint density at radius 3 is 1.80 bits per heavy atom. The van der Waals surface area contributed by atoms with Crippen molar-refractivity contribution in [3.05, 3.63) is 144 Å². The third-order valence-electron chi connectivity index (χ3n) is 6.76. The van der Waals surface area contributed by atoms with Gasteiger partial charge in [0.1, 0.15) is 17.9 Å². The van der Waals surface area contributed by atoms with Crippen LogP contribution in [0.25, 0.3) is 16.8 Å². The van der Waals surface area contributed by atoms with Gasteiger partial charge in [0, 0.05) is 5.56 Å². The normalized spacial score (nSPS) is 13.6. The van der Waals surface area contributed by atoms with Crippen molar-refractivity contribution in [2.45, 2.75) is 6.61 Å². The minimum atomic E-state index is -0.731. The summed E-state index contributed by atoms with van der Waals surface area (Å²) in [7, 11) is 0. The van der Waals surface area contributed by atoms with Crippen LogP contribution in [0.3, 0.4) is 0 Å². The van der Waals surface area contributed by atoms with Crippen molar-refractivity contribution in [3.8, 4) is 5.75 Å². The van der Waals surface area contributed by atoms with Crippen LogP contribution in [-0.4, -0.2) is 17.8 Å². The molecule has 1 saturated heterocycles. The van der Waals surface area contributed by atoms with E-state index in [2.05, 4.69) is 18.2 Å². The summed E-state index contributed by atoms with van der Waals surface area (Å²) in [5, 5.41) is 2.21. The number of hydrogen-bond donors (Lipinski definition) is 0. The number of rotatable bonds is 6. The number of imide groups is 2. The molecule has 4 amide bonds. The van der Waals surface area contributed by atoms with Crippen molar-refractivity contribution in [1.29, 1.82) is 0 Å². The van der Waals surface area contributed by atoms with Gasteiger partial charge in [-0.15, -0.1) is 0 Å². The fourth-order valence-corrected chi connectivity index (χ4v) is 4.80. The van der Waals surface area contributed by atoms with E-state index in [1.165, 1.54) is 6.08 Å². The van der Waals surface area contributed by atoms with Gasteiger partial charge in [-0.3, -0.25) is 9.59 Å². The van der Waals surface area contributed by atoms with Crippen molar-refractivity contribution in [3.63, 3.8) is 0 Å². The molecular weight excluding hydrogens is 500 g/mol. The van der Waals surface area contributed by atoms with E-state index in [1.807, 2.05) is 36.4 Å². The maximum absolute atomic E-state index is 13.7. The van der Waals surface area contributed by atoms with Gasteiger partial charge in [-0.05, 0) is 52.7 Å². The van der Waals surface area contributed by atoms with Gasteiger partial charge in [0.15, 0.2) is 0 Å². The monoisotopic (exact) mass is 524 g/mol. The van der Waals surface area contributed by atoms with Crippen LogP contribution in [0.1, 0.15) is 11.1 Å². The molecule has 0 aromatic heterocycles. The first kappa shape index (κ1) is 24.8. The summed E-state index contributed by atoms with van der Waals surface area (Å²) in [5.74, 6) is -0.882. The highest BCUT2D eigenvalue weighted by molar-refractivity contribution is 6.46. The van der Waals surface area contributed by atoms with E-state index in [-0.39, 0.29) is 5.57 Å². The molecule has 0 unspecified atom stereocenters. The number of fused-ring (bicyclic) bond motifs is 1. The van der Waals surface area contributed by atoms with Gasteiger partial charge in [0.2, 0.25) is 0 Å². The van der Waals surface area contributed by atoms with Gasteiger partial charge in [0.05, 0.1) is 11.4 Å². The van der Waals surface area contributed by atoms with E-state index in [1.54, 1.807) is 72.8 Å². The summed E-state index contributed by atoms with van der Waals surface area (Å²) in [4.78, 5) is 43.0. The zero-order chi connectivity index (χ0) is 27.5. The van der Waals surface area contributed by atoms with Crippen LogP contribution in [0.4, 0.5) is 16.2 Å². The average molecular weight is 525 g/mol. The van der Waals surface area contributed by atoms with Crippen molar-refractivity contribution < 1.29 is 19.1 Å². The highest BCUT2D eigenvalue weighted by atomic mass is 16.5. The Morgan fingerprint density at radius 1 is 0.575 bits per heavy atom. The molecule has 1 fully saturated rings. The van der Waals surface area contributed by atoms with Crippen LogP contribution in [0.5, 0.6) is 5.75 Å². The first-order chi connectivity index (χ1) is 19.6.